The molecule has 0 atom stereocenters. The van der Waals surface area contributed by atoms with Crippen molar-refractivity contribution in [3.63, 3.8) is 0 Å². The number of aliphatic imine (C=N–C) groups is 1. The minimum Gasteiger partial charge on any atom is -0.457 e. The molecule has 0 unspecified atom stereocenters. The third-order valence-electron chi connectivity index (χ3n) is 2.97. The molecule has 0 saturated carbocycles. The molecule has 0 aromatic heterocycles. The zero-order valence-corrected chi connectivity index (χ0v) is 10.6. The average Bonchev–Trinajstić information content (AvgIpc) is 2.49. The molecule has 3 nitrogen and oxygen atoms in total. The fourth-order valence-corrected chi connectivity index (χ4v) is 2.01. The molecule has 3 heteroatoms. The lowest BCUT2D eigenvalue weighted by atomic mass is 10.1. The predicted octanol–water partition coefficient (Wildman–Crippen LogP) is 4.60. The van der Waals surface area contributed by atoms with Gasteiger partial charge in [-0.1, -0.05) is 30.3 Å². The Balaban J connectivity index is 1.86. The van der Waals surface area contributed by atoms with E-state index in [1.165, 1.54) is 11.5 Å². The quantitative estimate of drug-likeness (QED) is 0.510. The second-order valence-electron chi connectivity index (χ2n) is 4.31. The van der Waals surface area contributed by atoms with Gasteiger partial charge in [0.1, 0.15) is 11.5 Å². The summed E-state index contributed by atoms with van der Waals surface area (Å²) in [5.74, 6) is 1.47. The molecule has 0 N–H and O–H groups in total. The van der Waals surface area contributed by atoms with Gasteiger partial charge in [-0.2, -0.15) is 4.99 Å². The number of fused-ring (bicyclic) bond motifs is 1. The smallest absolute Gasteiger partial charge is 0.240 e. The van der Waals surface area contributed by atoms with Crippen molar-refractivity contribution in [2.45, 2.75) is 0 Å². The van der Waals surface area contributed by atoms with Crippen LogP contribution in [-0.2, 0) is 4.79 Å². The van der Waals surface area contributed by atoms with Gasteiger partial charge in [-0.15, -0.1) is 0 Å². The number of ether oxygens (including phenoxy) is 1. The Kier molecular flexibility index (Phi) is 3.27. The van der Waals surface area contributed by atoms with Crippen molar-refractivity contribution in [2.75, 3.05) is 0 Å². The molecule has 96 valence electrons. The third-order valence-corrected chi connectivity index (χ3v) is 2.97. The Labute approximate surface area is 116 Å². The fraction of sp³-hybridized carbons (Fsp3) is 0. The lowest BCUT2D eigenvalue weighted by Gasteiger charge is -2.07. The summed E-state index contributed by atoms with van der Waals surface area (Å²) in [6.45, 7) is 0. The first kappa shape index (κ1) is 12.2. The summed E-state index contributed by atoms with van der Waals surface area (Å²) in [7, 11) is 0. The number of hydrogen-bond acceptors (Lipinski definition) is 3. The molecule has 0 radical (unpaired) electrons. The molecule has 20 heavy (non-hydrogen) atoms. The molecule has 3 aromatic carbocycles. The molecule has 0 aliphatic heterocycles. The lowest BCUT2D eigenvalue weighted by molar-refractivity contribution is 0.483. The van der Waals surface area contributed by atoms with Gasteiger partial charge in [0.05, 0.1) is 5.69 Å². The summed E-state index contributed by atoms with van der Waals surface area (Å²) in [6, 6.07) is 21.0. The van der Waals surface area contributed by atoms with Crippen molar-refractivity contribution in [1.29, 1.82) is 0 Å². The molecule has 0 aliphatic rings. The number of benzene rings is 3. The number of rotatable bonds is 3. The number of hydrogen-bond donors (Lipinski definition) is 0. The average molecular weight is 261 g/mol. The molecule has 0 bridgehead atoms. The van der Waals surface area contributed by atoms with E-state index in [9.17, 15) is 4.79 Å². The first-order valence-electron chi connectivity index (χ1n) is 6.20. The van der Waals surface area contributed by atoms with Gasteiger partial charge in [-0.25, -0.2) is 4.79 Å². The van der Waals surface area contributed by atoms with Crippen LogP contribution in [0.15, 0.2) is 71.7 Å². The first-order valence-corrected chi connectivity index (χ1v) is 6.20. The van der Waals surface area contributed by atoms with Gasteiger partial charge in [-0.05, 0) is 47.2 Å². The van der Waals surface area contributed by atoms with E-state index in [2.05, 4.69) is 11.1 Å². The molecule has 0 fully saturated rings. The first-order chi connectivity index (χ1) is 9.85. The van der Waals surface area contributed by atoms with Crippen molar-refractivity contribution in [3.05, 3.63) is 66.7 Å². The number of nitrogens with zero attached hydrogens (tertiary/aromatic N) is 1. The van der Waals surface area contributed by atoms with E-state index in [1.807, 2.05) is 36.4 Å². The van der Waals surface area contributed by atoms with Gasteiger partial charge in [-0.3, -0.25) is 0 Å². The van der Waals surface area contributed by atoms with E-state index < -0.39 is 0 Å². The molecular weight excluding hydrogens is 250 g/mol. The third kappa shape index (κ3) is 2.58. The minimum absolute atomic E-state index is 0.561. The molecule has 0 saturated heterocycles. The Morgan fingerprint density at radius 3 is 2.25 bits per heavy atom. The molecule has 0 aliphatic carbocycles. The maximum Gasteiger partial charge on any atom is 0.240 e. The Morgan fingerprint density at radius 2 is 1.50 bits per heavy atom. The zero-order valence-electron chi connectivity index (χ0n) is 10.6. The lowest BCUT2D eigenvalue weighted by Crippen LogP contribution is -1.83. The van der Waals surface area contributed by atoms with Crippen LogP contribution in [-0.4, -0.2) is 6.08 Å². The molecule has 3 rings (SSSR count). The molecular formula is C17H11NO2. The largest absolute Gasteiger partial charge is 0.457 e. The summed E-state index contributed by atoms with van der Waals surface area (Å²) in [4.78, 5) is 13.7. The summed E-state index contributed by atoms with van der Waals surface area (Å²) in [5, 5.41) is 2.31. The topological polar surface area (TPSA) is 38.7 Å². The Morgan fingerprint density at radius 1 is 0.800 bits per heavy atom. The SMILES string of the molecule is O=C=Nc1ccc(Oc2ccc3ccccc3c2)cc1. The van der Waals surface area contributed by atoms with E-state index in [-0.39, 0.29) is 0 Å². The highest BCUT2D eigenvalue weighted by Gasteiger charge is 1.99. The van der Waals surface area contributed by atoms with Crippen LogP contribution in [0.2, 0.25) is 0 Å². The van der Waals surface area contributed by atoms with E-state index in [0.717, 1.165) is 11.1 Å². The van der Waals surface area contributed by atoms with Gasteiger partial charge in [0.25, 0.3) is 0 Å². The number of carbonyl (C=O) groups excluding carboxylic acids is 1. The molecule has 0 amide bonds. The van der Waals surface area contributed by atoms with Gasteiger partial charge in [0.15, 0.2) is 0 Å². The van der Waals surface area contributed by atoms with Crippen molar-refractivity contribution in [2.24, 2.45) is 4.99 Å². The van der Waals surface area contributed by atoms with Crippen molar-refractivity contribution >= 4 is 22.5 Å². The van der Waals surface area contributed by atoms with Gasteiger partial charge >= 0.3 is 0 Å². The van der Waals surface area contributed by atoms with Crippen LogP contribution in [0, 0.1) is 0 Å². The van der Waals surface area contributed by atoms with Gasteiger partial charge in [0, 0.05) is 0 Å². The van der Waals surface area contributed by atoms with Gasteiger partial charge in [0.2, 0.25) is 6.08 Å². The normalized spacial score (nSPS) is 10.0. The van der Waals surface area contributed by atoms with Crippen LogP contribution in [0.3, 0.4) is 0 Å². The fourth-order valence-electron chi connectivity index (χ4n) is 2.01. The van der Waals surface area contributed by atoms with Crippen LogP contribution < -0.4 is 4.74 Å². The van der Waals surface area contributed by atoms with E-state index in [0.29, 0.717) is 11.4 Å². The zero-order chi connectivity index (χ0) is 13.8. The molecule has 0 heterocycles. The van der Waals surface area contributed by atoms with Crippen LogP contribution in [0.4, 0.5) is 5.69 Å². The second kappa shape index (κ2) is 5.39. The Bertz CT molecular complexity index is 787. The van der Waals surface area contributed by atoms with E-state index >= 15 is 0 Å². The monoisotopic (exact) mass is 261 g/mol. The summed E-state index contributed by atoms with van der Waals surface area (Å²) < 4.78 is 5.78. The number of isocyanates is 1. The van der Waals surface area contributed by atoms with Crippen molar-refractivity contribution < 1.29 is 9.53 Å². The van der Waals surface area contributed by atoms with E-state index in [4.69, 9.17) is 4.74 Å². The molecule has 3 aromatic rings. The van der Waals surface area contributed by atoms with Crippen LogP contribution in [0.25, 0.3) is 10.8 Å². The van der Waals surface area contributed by atoms with Crippen molar-refractivity contribution in [1.82, 2.24) is 0 Å². The van der Waals surface area contributed by atoms with Crippen LogP contribution in [0.5, 0.6) is 11.5 Å². The van der Waals surface area contributed by atoms with Crippen molar-refractivity contribution in [3.8, 4) is 11.5 Å². The van der Waals surface area contributed by atoms with E-state index in [1.54, 1.807) is 24.3 Å². The standard InChI is InChI=1S/C17H11NO2/c19-12-18-15-6-9-16(10-7-15)20-17-8-5-13-3-1-2-4-14(13)11-17/h1-11H. The van der Waals surface area contributed by atoms with Crippen LogP contribution >= 0.6 is 0 Å². The minimum atomic E-state index is 0.561. The maximum absolute atomic E-state index is 10.2. The highest BCUT2D eigenvalue weighted by molar-refractivity contribution is 5.83. The summed E-state index contributed by atoms with van der Waals surface area (Å²) >= 11 is 0. The predicted molar refractivity (Wildman–Crippen MR) is 78.2 cm³/mol. The summed E-state index contributed by atoms with van der Waals surface area (Å²) in [6.07, 6.45) is 1.51. The van der Waals surface area contributed by atoms with Gasteiger partial charge < -0.3 is 4.74 Å². The second-order valence-corrected chi connectivity index (χ2v) is 4.31. The van der Waals surface area contributed by atoms with Crippen LogP contribution in [0.1, 0.15) is 0 Å². The summed E-state index contributed by atoms with van der Waals surface area (Å²) in [5.41, 5.74) is 0.561. The molecule has 0 spiro atoms. The highest BCUT2D eigenvalue weighted by atomic mass is 16.5. The maximum atomic E-state index is 10.2. The highest BCUT2D eigenvalue weighted by Crippen LogP contribution is 2.26. The Hall–Kier alpha value is -2.90.